The summed E-state index contributed by atoms with van der Waals surface area (Å²) >= 11 is 0. The summed E-state index contributed by atoms with van der Waals surface area (Å²) < 4.78 is 41.8. The van der Waals surface area contributed by atoms with Crippen LogP contribution in [0.5, 0.6) is 0 Å². The highest BCUT2D eigenvalue weighted by atomic mass is 32.2. The van der Waals surface area contributed by atoms with Gasteiger partial charge in [0.1, 0.15) is 11.9 Å². The highest BCUT2D eigenvalue weighted by Crippen LogP contribution is 2.15. The summed E-state index contributed by atoms with van der Waals surface area (Å²) in [6.45, 7) is 3.28. The average Bonchev–Trinajstić information content (AvgIpc) is 2.85. The molecule has 34 heavy (non-hydrogen) atoms. The maximum absolute atomic E-state index is 13.5. The van der Waals surface area contributed by atoms with Crippen molar-refractivity contribution >= 4 is 15.9 Å². The topological polar surface area (TPSA) is 69.7 Å². The lowest BCUT2D eigenvalue weighted by atomic mass is 10.1. The minimum Gasteiger partial charge on any atom is -0.339 e. The molecule has 6 nitrogen and oxygen atoms in total. The van der Waals surface area contributed by atoms with Gasteiger partial charge in [-0.2, -0.15) is 4.72 Å². The smallest absolute Gasteiger partial charge is 0.241 e. The van der Waals surface area contributed by atoms with Gasteiger partial charge in [-0.05, 0) is 41.8 Å². The lowest BCUT2D eigenvalue weighted by Crippen LogP contribution is -2.55. The number of rotatable bonds is 8. The first kappa shape index (κ1) is 24.1. The van der Waals surface area contributed by atoms with E-state index >= 15 is 0 Å². The van der Waals surface area contributed by atoms with Crippen LogP contribution in [0.3, 0.4) is 0 Å². The van der Waals surface area contributed by atoms with Crippen molar-refractivity contribution in [1.29, 1.82) is 0 Å². The molecule has 178 valence electrons. The average molecular weight is 482 g/mol. The fourth-order valence-corrected chi connectivity index (χ4v) is 5.28. The Hall–Kier alpha value is -3.07. The summed E-state index contributed by atoms with van der Waals surface area (Å²) in [6.07, 6.45) is 0.227. The molecular formula is C26H28FN3O3S. The van der Waals surface area contributed by atoms with Crippen molar-refractivity contribution in [2.45, 2.75) is 23.9 Å². The minimum atomic E-state index is -4.01. The van der Waals surface area contributed by atoms with Crippen LogP contribution in [-0.2, 0) is 27.8 Å². The number of benzene rings is 3. The number of carbonyl (C=O) groups is 1. The predicted octanol–water partition coefficient (Wildman–Crippen LogP) is 3.06. The number of hydrogen-bond acceptors (Lipinski definition) is 4. The molecule has 1 heterocycles. The van der Waals surface area contributed by atoms with E-state index in [1.54, 1.807) is 4.90 Å². The number of hydrogen-bond donors (Lipinski definition) is 1. The number of carbonyl (C=O) groups excluding carboxylic acids is 1. The molecule has 0 bridgehead atoms. The van der Waals surface area contributed by atoms with E-state index in [0.717, 1.165) is 24.2 Å². The van der Waals surface area contributed by atoms with Gasteiger partial charge in [0, 0.05) is 32.7 Å². The second kappa shape index (κ2) is 10.9. The van der Waals surface area contributed by atoms with E-state index in [4.69, 9.17) is 0 Å². The summed E-state index contributed by atoms with van der Waals surface area (Å²) in [4.78, 5) is 17.4. The Morgan fingerprint density at radius 3 is 1.97 bits per heavy atom. The van der Waals surface area contributed by atoms with Gasteiger partial charge in [0.25, 0.3) is 0 Å². The van der Waals surface area contributed by atoms with Crippen molar-refractivity contribution in [1.82, 2.24) is 14.5 Å². The van der Waals surface area contributed by atoms with Crippen molar-refractivity contribution in [3.8, 4) is 0 Å². The predicted molar refractivity (Wildman–Crippen MR) is 129 cm³/mol. The molecule has 0 unspecified atom stereocenters. The third-order valence-corrected chi connectivity index (χ3v) is 7.42. The van der Waals surface area contributed by atoms with E-state index in [9.17, 15) is 17.6 Å². The SMILES string of the molecule is O=C([C@H](Cc1ccccc1)NS(=O)(=O)c1ccc(F)cc1)N1CCN(Cc2ccccc2)CC1. The van der Waals surface area contributed by atoms with E-state index in [2.05, 4.69) is 21.8 Å². The van der Waals surface area contributed by atoms with Crippen molar-refractivity contribution in [3.63, 3.8) is 0 Å². The Kier molecular flexibility index (Phi) is 7.72. The summed E-state index contributed by atoms with van der Waals surface area (Å²) in [5.41, 5.74) is 2.07. The van der Waals surface area contributed by atoms with Gasteiger partial charge in [0.05, 0.1) is 4.90 Å². The zero-order valence-corrected chi connectivity index (χ0v) is 19.6. The molecule has 1 saturated heterocycles. The third kappa shape index (κ3) is 6.28. The Labute approximate surface area is 200 Å². The largest absolute Gasteiger partial charge is 0.339 e. The van der Waals surface area contributed by atoms with Crippen LogP contribution in [0.2, 0.25) is 0 Å². The first-order valence-electron chi connectivity index (χ1n) is 11.3. The highest BCUT2D eigenvalue weighted by molar-refractivity contribution is 7.89. The number of nitrogens with one attached hydrogen (secondary N) is 1. The molecule has 0 aliphatic carbocycles. The van der Waals surface area contributed by atoms with Crippen molar-refractivity contribution < 1.29 is 17.6 Å². The van der Waals surface area contributed by atoms with Crippen LogP contribution in [0.1, 0.15) is 11.1 Å². The molecule has 1 N–H and O–H groups in total. The first-order chi connectivity index (χ1) is 16.4. The van der Waals surface area contributed by atoms with Crippen LogP contribution in [0, 0.1) is 5.82 Å². The summed E-state index contributed by atoms with van der Waals surface area (Å²) in [5, 5.41) is 0. The second-order valence-electron chi connectivity index (χ2n) is 8.40. The van der Waals surface area contributed by atoms with Crippen LogP contribution < -0.4 is 4.72 Å². The van der Waals surface area contributed by atoms with E-state index in [-0.39, 0.29) is 17.2 Å². The quantitative estimate of drug-likeness (QED) is 0.537. The lowest BCUT2D eigenvalue weighted by Gasteiger charge is -2.36. The van der Waals surface area contributed by atoms with Gasteiger partial charge in [0.2, 0.25) is 15.9 Å². The van der Waals surface area contributed by atoms with Crippen LogP contribution in [0.4, 0.5) is 4.39 Å². The first-order valence-corrected chi connectivity index (χ1v) is 12.8. The van der Waals surface area contributed by atoms with Crippen molar-refractivity contribution in [2.75, 3.05) is 26.2 Å². The van der Waals surface area contributed by atoms with Crippen LogP contribution in [0.15, 0.2) is 89.8 Å². The maximum atomic E-state index is 13.5. The number of halogens is 1. The lowest BCUT2D eigenvalue weighted by molar-refractivity contribution is -0.134. The van der Waals surface area contributed by atoms with Gasteiger partial charge in [-0.1, -0.05) is 60.7 Å². The summed E-state index contributed by atoms with van der Waals surface area (Å²) in [5.74, 6) is -0.780. The van der Waals surface area contributed by atoms with E-state index in [1.165, 1.54) is 17.7 Å². The zero-order chi connectivity index (χ0) is 24.0. The Morgan fingerprint density at radius 2 is 1.38 bits per heavy atom. The molecule has 1 amide bonds. The molecule has 8 heteroatoms. The van der Waals surface area contributed by atoms with Crippen LogP contribution in [0.25, 0.3) is 0 Å². The Bertz CT molecular complexity index is 1180. The number of nitrogens with zero attached hydrogens (tertiary/aromatic N) is 2. The zero-order valence-electron chi connectivity index (χ0n) is 18.8. The molecular weight excluding hydrogens is 453 g/mol. The van der Waals surface area contributed by atoms with Gasteiger partial charge in [-0.25, -0.2) is 12.8 Å². The van der Waals surface area contributed by atoms with Crippen LogP contribution >= 0.6 is 0 Å². The second-order valence-corrected chi connectivity index (χ2v) is 10.1. The van der Waals surface area contributed by atoms with Crippen molar-refractivity contribution in [3.05, 3.63) is 102 Å². The standard InChI is InChI=1S/C26H28FN3O3S/c27-23-11-13-24(14-12-23)34(32,33)28-25(19-21-7-3-1-4-8-21)26(31)30-17-15-29(16-18-30)20-22-9-5-2-6-10-22/h1-14,25,28H,15-20H2/t25-/m0/s1. The molecule has 3 aromatic rings. The molecule has 0 aromatic heterocycles. The molecule has 3 aromatic carbocycles. The number of sulfonamides is 1. The molecule has 1 aliphatic heterocycles. The van der Waals surface area contributed by atoms with Crippen molar-refractivity contribution in [2.24, 2.45) is 0 Å². The molecule has 1 atom stereocenters. The number of amides is 1. The van der Waals surface area contributed by atoms with Gasteiger partial charge < -0.3 is 4.90 Å². The van der Waals surface area contributed by atoms with Gasteiger partial charge in [-0.3, -0.25) is 9.69 Å². The Balaban J connectivity index is 1.46. The molecule has 0 radical (unpaired) electrons. The molecule has 1 fully saturated rings. The Morgan fingerprint density at radius 1 is 0.824 bits per heavy atom. The highest BCUT2D eigenvalue weighted by Gasteiger charge is 2.31. The molecule has 1 aliphatic rings. The fourth-order valence-electron chi connectivity index (χ4n) is 4.09. The summed E-state index contributed by atoms with van der Waals surface area (Å²) in [6, 6.07) is 23.1. The molecule has 0 spiro atoms. The van der Waals surface area contributed by atoms with E-state index in [1.807, 2.05) is 48.5 Å². The van der Waals surface area contributed by atoms with Crippen LogP contribution in [-0.4, -0.2) is 56.3 Å². The maximum Gasteiger partial charge on any atom is 0.241 e. The summed E-state index contributed by atoms with van der Waals surface area (Å²) in [7, 11) is -4.01. The third-order valence-electron chi connectivity index (χ3n) is 5.94. The monoisotopic (exact) mass is 481 g/mol. The molecule has 0 saturated carbocycles. The van der Waals surface area contributed by atoms with Gasteiger partial charge in [0.15, 0.2) is 0 Å². The van der Waals surface area contributed by atoms with Gasteiger partial charge >= 0.3 is 0 Å². The van der Waals surface area contributed by atoms with Gasteiger partial charge in [-0.15, -0.1) is 0 Å². The van der Waals surface area contributed by atoms with E-state index < -0.39 is 21.9 Å². The number of piperazine rings is 1. The molecule has 4 rings (SSSR count). The fraction of sp³-hybridized carbons (Fsp3) is 0.269. The normalized spacial score (nSPS) is 15.7. The minimum absolute atomic E-state index is 0.0764. The van der Waals surface area contributed by atoms with E-state index in [0.29, 0.717) is 26.2 Å².